The lowest BCUT2D eigenvalue weighted by molar-refractivity contribution is 0.0603. The van der Waals surface area contributed by atoms with Crippen LogP contribution in [0.3, 0.4) is 0 Å². The molecule has 0 unspecified atom stereocenters. The number of esters is 1. The Morgan fingerprint density at radius 2 is 2.24 bits per heavy atom. The smallest absolute Gasteiger partial charge is 0.338 e. The van der Waals surface area contributed by atoms with Crippen LogP contribution in [-0.4, -0.2) is 25.1 Å². The van der Waals surface area contributed by atoms with Crippen molar-refractivity contribution < 1.29 is 13.9 Å². The number of rotatable bonds is 2. The summed E-state index contributed by atoms with van der Waals surface area (Å²) in [6.45, 7) is 0. The topological polar surface area (TPSA) is 51.2 Å². The molecule has 1 aromatic heterocycles. The van der Waals surface area contributed by atoms with Crippen molar-refractivity contribution in [3.8, 4) is 0 Å². The number of ether oxygens (including phenoxy) is 1. The van der Waals surface area contributed by atoms with Gasteiger partial charge in [-0.25, -0.2) is 14.2 Å². The van der Waals surface area contributed by atoms with E-state index in [0.717, 1.165) is 0 Å². The highest BCUT2D eigenvalue weighted by Gasteiger charge is 2.14. The minimum absolute atomic E-state index is 0.153. The van der Waals surface area contributed by atoms with E-state index >= 15 is 0 Å². The van der Waals surface area contributed by atoms with Gasteiger partial charge in [0, 0.05) is 12.4 Å². The van der Waals surface area contributed by atoms with Crippen molar-refractivity contribution in [3.63, 3.8) is 0 Å². The minimum Gasteiger partial charge on any atom is -0.465 e. The monoisotopic (exact) mass is 234 g/mol. The first-order valence-corrected chi connectivity index (χ1v) is 5.02. The van der Waals surface area contributed by atoms with Crippen LogP contribution in [0.2, 0.25) is 0 Å². The average Bonchev–Trinajstić information content (AvgIpc) is 2.37. The van der Waals surface area contributed by atoms with Gasteiger partial charge >= 0.3 is 5.97 Å². The summed E-state index contributed by atoms with van der Waals surface area (Å²) in [5.41, 5.74) is 0.445. The number of para-hydroxylation sites is 1. The highest BCUT2D eigenvalue weighted by Crippen LogP contribution is 2.23. The van der Waals surface area contributed by atoms with Crippen molar-refractivity contribution in [2.24, 2.45) is 0 Å². The Labute approximate surface area is 97.4 Å². The number of benzene rings is 1. The van der Waals surface area contributed by atoms with Crippen LogP contribution >= 0.6 is 0 Å². The van der Waals surface area contributed by atoms with Gasteiger partial charge in [0.2, 0.25) is 0 Å². The normalized spacial score (nSPS) is 10.3. The molecular weight excluding hydrogens is 223 g/mol. The number of nitrogens with zero attached hydrogens (tertiary/aromatic N) is 1. The number of methoxy groups -OCH3 is 1. The molecule has 0 aliphatic heterocycles. The molecule has 88 valence electrons. The fourth-order valence-corrected chi connectivity index (χ4v) is 1.62. The molecule has 5 heteroatoms. The largest absolute Gasteiger partial charge is 0.465 e. The van der Waals surface area contributed by atoms with Crippen LogP contribution in [0.15, 0.2) is 24.3 Å². The highest BCUT2D eigenvalue weighted by atomic mass is 19.1. The Bertz CT molecular complexity index is 584. The second kappa shape index (κ2) is 4.37. The lowest BCUT2D eigenvalue weighted by Crippen LogP contribution is -2.05. The second-order valence-corrected chi connectivity index (χ2v) is 3.43. The van der Waals surface area contributed by atoms with E-state index in [-0.39, 0.29) is 5.52 Å². The van der Waals surface area contributed by atoms with Gasteiger partial charge in [0.05, 0.1) is 12.7 Å². The molecule has 0 bridgehead atoms. The van der Waals surface area contributed by atoms with E-state index in [1.165, 1.54) is 25.3 Å². The summed E-state index contributed by atoms with van der Waals surface area (Å²) < 4.78 is 18.3. The number of halogens is 1. The molecule has 0 radical (unpaired) electrons. The zero-order chi connectivity index (χ0) is 12.4. The predicted octanol–water partition coefficient (Wildman–Crippen LogP) is 2.20. The van der Waals surface area contributed by atoms with Crippen LogP contribution in [0.4, 0.5) is 10.2 Å². The zero-order valence-corrected chi connectivity index (χ0v) is 9.45. The maximum absolute atomic E-state index is 13.6. The molecular formula is C12H11FN2O2. The molecule has 0 spiro atoms. The first-order chi connectivity index (χ1) is 8.17. The molecule has 0 amide bonds. The zero-order valence-electron chi connectivity index (χ0n) is 9.45. The number of carbonyl (C=O) groups excluding carboxylic acids is 1. The summed E-state index contributed by atoms with van der Waals surface area (Å²) in [6, 6.07) is 6.01. The SMILES string of the molecule is CNc1cc(C(=O)OC)c2cccc(F)c2n1. The summed E-state index contributed by atoms with van der Waals surface area (Å²) in [5, 5.41) is 3.22. The molecule has 0 saturated carbocycles. The van der Waals surface area contributed by atoms with E-state index in [1.54, 1.807) is 13.1 Å². The second-order valence-electron chi connectivity index (χ2n) is 3.43. The number of nitrogens with one attached hydrogen (secondary N) is 1. The first kappa shape index (κ1) is 11.3. The van der Waals surface area contributed by atoms with E-state index < -0.39 is 11.8 Å². The van der Waals surface area contributed by atoms with Crippen molar-refractivity contribution in [3.05, 3.63) is 35.6 Å². The van der Waals surface area contributed by atoms with Gasteiger partial charge in [-0.3, -0.25) is 0 Å². The van der Waals surface area contributed by atoms with Crippen LogP contribution in [0.5, 0.6) is 0 Å². The Hall–Kier alpha value is -2.17. The van der Waals surface area contributed by atoms with Crippen molar-refractivity contribution >= 4 is 22.7 Å². The third kappa shape index (κ3) is 1.91. The first-order valence-electron chi connectivity index (χ1n) is 5.02. The number of fused-ring (bicyclic) bond motifs is 1. The van der Waals surface area contributed by atoms with Crippen LogP contribution in [-0.2, 0) is 4.74 Å². The highest BCUT2D eigenvalue weighted by molar-refractivity contribution is 6.04. The lowest BCUT2D eigenvalue weighted by Gasteiger charge is -2.08. The van der Waals surface area contributed by atoms with Gasteiger partial charge in [-0.1, -0.05) is 12.1 Å². The number of hydrogen-bond acceptors (Lipinski definition) is 4. The van der Waals surface area contributed by atoms with Gasteiger partial charge in [-0.15, -0.1) is 0 Å². The Kier molecular flexibility index (Phi) is 2.91. The standard InChI is InChI=1S/C12H11FN2O2/c1-14-10-6-8(12(16)17-2)7-4-3-5-9(13)11(7)15-10/h3-6H,1-2H3,(H,14,15). The fourth-order valence-electron chi connectivity index (χ4n) is 1.62. The lowest BCUT2D eigenvalue weighted by atomic mass is 10.1. The van der Waals surface area contributed by atoms with E-state index in [9.17, 15) is 9.18 Å². The van der Waals surface area contributed by atoms with Gasteiger partial charge in [-0.2, -0.15) is 0 Å². The molecule has 1 N–H and O–H groups in total. The molecule has 0 saturated heterocycles. The van der Waals surface area contributed by atoms with Crippen molar-refractivity contribution in [2.75, 3.05) is 19.5 Å². The number of hydrogen-bond donors (Lipinski definition) is 1. The van der Waals surface area contributed by atoms with Gasteiger partial charge in [0.25, 0.3) is 0 Å². The van der Waals surface area contributed by atoms with E-state index in [1.807, 2.05) is 0 Å². The third-order valence-electron chi connectivity index (χ3n) is 2.45. The number of carbonyl (C=O) groups is 1. The molecule has 1 aromatic carbocycles. The predicted molar refractivity (Wildman–Crippen MR) is 62.6 cm³/mol. The molecule has 0 aliphatic rings. The maximum Gasteiger partial charge on any atom is 0.338 e. The van der Waals surface area contributed by atoms with Gasteiger partial charge in [0.1, 0.15) is 17.2 Å². The quantitative estimate of drug-likeness (QED) is 0.809. The van der Waals surface area contributed by atoms with Gasteiger partial charge in [-0.05, 0) is 12.1 Å². The van der Waals surface area contributed by atoms with Gasteiger partial charge in [0.15, 0.2) is 0 Å². The van der Waals surface area contributed by atoms with Crippen molar-refractivity contribution in [1.82, 2.24) is 4.98 Å². The van der Waals surface area contributed by atoms with Crippen LogP contribution < -0.4 is 5.32 Å². The fraction of sp³-hybridized carbons (Fsp3) is 0.167. The van der Waals surface area contributed by atoms with E-state index in [4.69, 9.17) is 0 Å². The van der Waals surface area contributed by atoms with Crippen LogP contribution in [0, 0.1) is 5.82 Å². The molecule has 0 atom stereocenters. The van der Waals surface area contributed by atoms with Gasteiger partial charge < -0.3 is 10.1 Å². The molecule has 1 heterocycles. The molecule has 0 fully saturated rings. The Morgan fingerprint density at radius 3 is 2.88 bits per heavy atom. The average molecular weight is 234 g/mol. The Morgan fingerprint density at radius 1 is 1.47 bits per heavy atom. The molecule has 17 heavy (non-hydrogen) atoms. The third-order valence-corrected chi connectivity index (χ3v) is 2.45. The summed E-state index contributed by atoms with van der Waals surface area (Å²) in [6.07, 6.45) is 0. The number of aromatic nitrogens is 1. The number of anilines is 1. The van der Waals surface area contributed by atoms with E-state index in [2.05, 4.69) is 15.0 Å². The molecule has 4 nitrogen and oxygen atoms in total. The number of pyridine rings is 1. The molecule has 0 aliphatic carbocycles. The Balaban J connectivity index is 2.80. The van der Waals surface area contributed by atoms with E-state index in [0.29, 0.717) is 16.8 Å². The van der Waals surface area contributed by atoms with Crippen molar-refractivity contribution in [2.45, 2.75) is 0 Å². The summed E-state index contributed by atoms with van der Waals surface area (Å²) in [7, 11) is 2.93. The maximum atomic E-state index is 13.6. The van der Waals surface area contributed by atoms with Crippen LogP contribution in [0.25, 0.3) is 10.9 Å². The van der Waals surface area contributed by atoms with Crippen LogP contribution in [0.1, 0.15) is 10.4 Å². The molecule has 2 aromatic rings. The minimum atomic E-state index is -0.514. The molecule has 2 rings (SSSR count). The summed E-state index contributed by atoms with van der Waals surface area (Å²) in [5.74, 6) is -0.563. The summed E-state index contributed by atoms with van der Waals surface area (Å²) in [4.78, 5) is 15.7. The van der Waals surface area contributed by atoms with Crippen molar-refractivity contribution in [1.29, 1.82) is 0 Å². The summed E-state index contributed by atoms with van der Waals surface area (Å²) >= 11 is 0.